The lowest BCUT2D eigenvalue weighted by molar-refractivity contribution is 0.174. The van der Waals surface area contributed by atoms with Crippen molar-refractivity contribution in [3.8, 4) is 11.5 Å². The molecule has 0 fully saturated rings. The van der Waals surface area contributed by atoms with Crippen LogP contribution in [-0.2, 0) is 16.4 Å². The molecule has 1 aliphatic rings. The molecule has 0 amide bonds. The van der Waals surface area contributed by atoms with Gasteiger partial charge in [0.05, 0.1) is 10.6 Å². The smallest absolute Gasteiger partial charge is 0.231 e. The third-order valence-corrected chi connectivity index (χ3v) is 5.78. The van der Waals surface area contributed by atoms with E-state index in [0.29, 0.717) is 18.0 Å². The summed E-state index contributed by atoms with van der Waals surface area (Å²) in [4.78, 5) is 2.49. The summed E-state index contributed by atoms with van der Waals surface area (Å²) in [7, 11) is -3.25. The number of benzene rings is 2. The first-order chi connectivity index (χ1) is 11.6. The van der Waals surface area contributed by atoms with Gasteiger partial charge in [0.25, 0.3) is 0 Å². The summed E-state index contributed by atoms with van der Waals surface area (Å²) in [6.07, 6.45) is 0. The van der Waals surface area contributed by atoms with Gasteiger partial charge < -0.3 is 9.47 Å². The second-order valence-electron chi connectivity index (χ2n) is 5.69. The van der Waals surface area contributed by atoms with E-state index in [9.17, 15) is 8.42 Å². The van der Waals surface area contributed by atoms with Crippen LogP contribution in [0.25, 0.3) is 0 Å². The van der Waals surface area contributed by atoms with Crippen LogP contribution in [0.15, 0.2) is 53.4 Å². The Kier molecular flexibility index (Phi) is 5.06. The number of ether oxygens (including phenoxy) is 2. The molecule has 5 nitrogen and oxygen atoms in total. The van der Waals surface area contributed by atoms with Gasteiger partial charge in [0.1, 0.15) is 0 Å². The van der Waals surface area contributed by atoms with Crippen molar-refractivity contribution in [1.82, 2.24) is 4.90 Å². The maximum atomic E-state index is 12.4. The van der Waals surface area contributed by atoms with Crippen molar-refractivity contribution in [2.75, 3.05) is 25.6 Å². The summed E-state index contributed by atoms with van der Waals surface area (Å²) in [5, 5.41) is 0. The summed E-state index contributed by atoms with van der Waals surface area (Å²) in [6, 6.07) is 14.4. The fourth-order valence-electron chi connectivity index (χ4n) is 2.64. The Labute approximate surface area is 142 Å². The summed E-state index contributed by atoms with van der Waals surface area (Å²) in [5.74, 6) is 1.61. The van der Waals surface area contributed by atoms with Crippen LogP contribution in [0.5, 0.6) is 11.5 Å². The number of hydrogen-bond acceptors (Lipinski definition) is 5. The molecule has 128 valence electrons. The van der Waals surface area contributed by atoms with E-state index in [1.54, 1.807) is 24.3 Å². The van der Waals surface area contributed by atoms with Crippen LogP contribution >= 0.6 is 0 Å². The highest BCUT2D eigenvalue weighted by Crippen LogP contribution is 2.32. The minimum absolute atomic E-state index is 0.107. The van der Waals surface area contributed by atoms with Crippen molar-refractivity contribution in [1.29, 1.82) is 0 Å². The molecule has 0 saturated heterocycles. The maximum Gasteiger partial charge on any atom is 0.231 e. The maximum absolute atomic E-state index is 12.4. The number of hydrogen-bond donors (Lipinski definition) is 0. The highest BCUT2D eigenvalue weighted by atomic mass is 32.2. The van der Waals surface area contributed by atoms with Gasteiger partial charge in [-0.3, -0.25) is 4.90 Å². The molecule has 2 aromatic rings. The molecule has 0 bridgehead atoms. The van der Waals surface area contributed by atoms with Crippen molar-refractivity contribution in [2.45, 2.75) is 18.4 Å². The molecule has 0 saturated carbocycles. The van der Waals surface area contributed by atoms with E-state index in [0.717, 1.165) is 23.6 Å². The predicted molar refractivity (Wildman–Crippen MR) is 92.0 cm³/mol. The number of rotatable bonds is 7. The van der Waals surface area contributed by atoms with E-state index < -0.39 is 9.84 Å². The zero-order chi connectivity index (χ0) is 17.0. The molecule has 1 aliphatic heterocycles. The van der Waals surface area contributed by atoms with Crippen LogP contribution in [0.3, 0.4) is 0 Å². The predicted octanol–water partition coefficient (Wildman–Crippen LogP) is 2.71. The highest BCUT2D eigenvalue weighted by molar-refractivity contribution is 7.91. The average molecular weight is 347 g/mol. The molecular formula is C18H21NO4S. The zero-order valence-corrected chi connectivity index (χ0v) is 14.5. The third kappa shape index (κ3) is 3.88. The lowest BCUT2D eigenvalue weighted by atomic mass is 10.2. The first kappa shape index (κ1) is 16.8. The van der Waals surface area contributed by atoms with Gasteiger partial charge >= 0.3 is 0 Å². The lowest BCUT2D eigenvalue weighted by Gasteiger charge is -2.20. The van der Waals surface area contributed by atoms with Gasteiger partial charge in [0.15, 0.2) is 21.3 Å². The van der Waals surface area contributed by atoms with Crippen LogP contribution in [0.2, 0.25) is 0 Å². The molecule has 0 unspecified atom stereocenters. The van der Waals surface area contributed by atoms with E-state index in [1.807, 2.05) is 31.2 Å². The number of sulfone groups is 1. The first-order valence-corrected chi connectivity index (χ1v) is 9.62. The Morgan fingerprint density at radius 3 is 2.54 bits per heavy atom. The minimum Gasteiger partial charge on any atom is -0.454 e. The van der Waals surface area contributed by atoms with E-state index in [2.05, 4.69) is 4.90 Å². The van der Waals surface area contributed by atoms with Gasteiger partial charge in [-0.25, -0.2) is 8.42 Å². The topological polar surface area (TPSA) is 55.8 Å². The molecule has 1 heterocycles. The van der Waals surface area contributed by atoms with E-state index in [4.69, 9.17) is 9.47 Å². The number of fused-ring (bicyclic) bond motifs is 1. The van der Waals surface area contributed by atoms with Gasteiger partial charge in [-0.1, -0.05) is 31.2 Å². The van der Waals surface area contributed by atoms with Gasteiger partial charge in [0.2, 0.25) is 6.79 Å². The Bertz CT molecular complexity index is 790. The fraction of sp³-hybridized carbons (Fsp3) is 0.333. The van der Waals surface area contributed by atoms with Crippen LogP contribution in [0.4, 0.5) is 0 Å². The van der Waals surface area contributed by atoms with Crippen molar-refractivity contribution in [3.63, 3.8) is 0 Å². The molecule has 0 aliphatic carbocycles. The van der Waals surface area contributed by atoms with Crippen molar-refractivity contribution >= 4 is 9.84 Å². The molecule has 0 aromatic heterocycles. The monoisotopic (exact) mass is 347 g/mol. The number of nitrogens with zero attached hydrogens (tertiary/aromatic N) is 1. The Balaban J connectivity index is 1.63. The molecule has 0 N–H and O–H groups in total. The van der Waals surface area contributed by atoms with Crippen molar-refractivity contribution in [3.05, 3.63) is 54.1 Å². The fourth-order valence-corrected chi connectivity index (χ4v) is 3.95. The van der Waals surface area contributed by atoms with Crippen molar-refractivity contribution < 1.29 is 17.9 Å². The molecule has 0 atom stereocenters. The average Bonchev–Trinajstić information content (AvgIpc) is 3.07. The summed E-state index contributed by atoms with van der Waals surface area (Å²) >= 11 is 0. The summed E-state index contributed by atoms with van der Waals surface area (Å²) in [6.45, 7) is 4.23. The quantitative estimate of drug-likeness (QED) is 0.771. The summed E-state index contributed by atoms with van der Waals surface area (Å²) in [5.41, 5.74) is 1.08. The standard InChI is InChI=1S/C18H21NO4S/c1-2-19(10-11-24(20,21)16-6-4-3-5-7-16)13-15-8-9-17-18(12-15)23-14-22-17/h3-9,12H,2,10-11,13-14H2,1H3. The minimum atomic E-state index is -3.25. The van der Waals surface area contributed by atoms with Crippen LogP contribution in [-0.4, -0.2) is 39.0 Å². The van der Waals surface area contributed by atoms with Gasteiger partial charge in [-0.15, -0.1) is 0 Å². The second-order valence-corrected chi connectivity index (χ2v) is 7.80. The van der Waals surface area contributed by atoms with Crippen LogP contribution < -0.4 is 9.47 Å². The Morgan fingerprint density at radius 1 is 1.04 bits per heavy atom. The zero-order valence-electron chi connectivity index (χ0n) is 13.6. The van der Waals surface area contributed by atoms with E-state index in [-0.39, 0.29) is 12.5 Å². The highest BCUT2D eigenvalue weighted by Gasteiger charge is 2.17. The molecule has 3 rings (SSSR count). The lowest BCUT2D eigenvalue weighted by Crippen LogP contribution is -2.29. The SMILES string of the molecule is CCN(CCS(=O)(=O)c1ccccc1)Cc1ccc2c(c1)OCO2. The normalized spacial score (nSPS) is 13.4. The first-order valence-electron chi connectivity index (χ1n) is 7.97. The van der Waals surface area contributed by atoms with E-state index in [1.165, 1.54) is 0 Å². The van der Waals surface area contributed by atoms with Crippen LogP contribution in [0.1, 0.15) is 12.5 Å². The van der Waals surface area contributed by atoms with E-state index >= 15 is 0 Å². The Morgan fingerprint density at radius 2 is 1.79 bits per heavy atom. The van der Waals surface area contributed by atoms with Gasteiger partial charge in [-0.2, -0.15) is 0 Å². The second kappa shape index (κ2) is 7.23. The van der Waals surface area contributed by atoms with Crippen molar-refractivity contribution in [2.24, 2.45) is 0 Å². The third-order valence-electron chi connectivity index (χ3n) is 4.07. The molecular weight excluding hydrogens is 326 g/mol. The molecule has 0 radical (unpaired) electrons. The molecule has 0 spiro atoms. The molecule has 24 heavy (non-hydrogen) atoms. The summed E-state index contributed by atoms with van der Waals surface area (Å²) < 4.78 is 35.5. The van der Waals surface area contributed by atoms with Gasteiger partial charge in [-0.05, 0) is 36.4 Å². The molecule has 6 heteroatoms. The largest absolute Gasteiger partial charge is 0.454 e. The van der Waals surface area contributed by atoms with Gasteiger partial charge in [0, 0.05) is 13.1 Å². The van der Waals surface area contributed by atoms with Crippen LogP contribution in [0, 0.1) is 0 Å². The Hall–Kier alpha value is -2.05. The molecule has 2 aromatic carbocycles.